The summed E-state index contributed by atoms with van der Waals surface area (Å²) >= 11 is 1.48. The molecule has 4 amide bonds. The third kappa shape index (κ3) is 9.48. The van der Waals surface area contributed by atoms with Crippen LogP contribution in [0.15, 0.2) is 23.7 Å². The number of nitrogens with one attached hydrogen (secondary N) is 3. The molecule has 1 aliphatic carbocycles. The fourth-order valence-corrected chi connectivity index (χ4v) is 6.24. The van der Waals surface area contributed by atoms with Gasteiger partial charge in [0.15, 0.2) is 12.3 Å². The molecule has 2 heterocycles. The van der Waals surface area contributed by atoms with Crippen molar-refractivity contribution >= 4 is 35.0 Å². The lowest BCUT2D eigenvalue weighted by molar-refractivity contribution is -0.145. The van der Waals surface area contributed by atoms with E-state index in [1.54, 1.807) is 38.4 Å². The zero-order chi connectivity index (χ0) is 34.4. The predicted molar refractivity (Wildman–Crippen MR) is 176 cm³/mol. The van der Waals surface area contributed by atoms with E-state index in [0.717, 1.165) is 35.4 Å². The molecule has 0 spiro atoms. The maximum Gasteiger partial charge on any atom is 0.258 e. The number of aromatic nitrogens is 1. The number of ether oxygens (including phenoxy) is 1. The number of carbonyl (C=O) groups excluding carboxylic acids is 4. The van der Waals surface area contributed by atoms with Crippen LogP contribution in [0.2, 0.25) is 0 Å². The first-order chi connectivity index (χ1) is 22.2. The Bertz CT molecular complexity index is 1440. The van der Waals surface area contributed by atoms with Crippen molar-refractivity contribution in [2.75, 3.05) is 26.2 Å². The lowest BCUT2D eigenvalue weighted by atomic mass is 9.85. The Kier molecular flexibility index (Phi) is 12.0. The number of hydrogen-bond acceptors (Lipinski definition) is 9. The van der Waals surface area contributed by atoms with Gasteiger partial charge in [-0.1, -0.05) is 39.3 Å². The van der Waals surface area contributed by atoms with Gasteiger partial charge in [0.1, 0.15) is 17.8 Å². The van der Waals surface area contributed by atoms with E-state index in [2.05, 4.69) is 20.9 Å². The Labute approximate surface area is 279 Å². The van der Waals surface area contributed by atoms with Crippen molar-refractivity contribution in [2.45, 2.75) is 96.6 Å². The Morgan fingerprint density at radius 2 is 1.94 bits per heavy atom. The SMILES string of the molecule is Cc1ncsc1-c1ccc(CNC(=O)[C@@H]2C[C@@H](O)CN2C(=O)[C@@H](NC(=O)C2(F)CC2)C(C)(C)C)c(OCC(=O)NCCCCCN)c1. The highest BCUT2D eigenvalue weighted by molar-refractivity contribution is 7.13. The molecule has 3 atom stereocenters. The fourth-order valence-electron chi connectivity index (χ4n) is 5.44. The van der Waals surface area contributed by atoms with Crippen LogP contribution in [0.5, 0.6) is 5.75 Å². The molecular formula is C33H47FN6O6S. The van der Waals surface area contributed by atoms with Gasteiger partial charge in [0.2, 0.25) is 11.8 Å². The summed E-state index contributed by atoms with van der Waals surface area (Å²) in [4.78, 5) is 58.9. The van der Waals surface area contributed by atoms with E-state index in [1.807, 2.05) is 13.0 Å². The Hall–Kier alpha value is -3.62. The number of likely N-dealkylation sites (tertiary alicyclic amines) is 1. The van der Waals surface area contributed by atoms with Crippen molar-refractivity contribution in [1.29, 1.82) is 0 Å². The summed E-state index contributed by atoms with van der Waals surface area (Å²) in [6, 6.07) is 3.39. The highest BCUT2D eigenvalue weighted by Crippen LogP contribution is 2.40. The van der Waals surface area contributed by atoms with E-state index in [-0.39, 0.29) is 44.9 Å². The average molecular weight is 675 g/mol. The van der Waals surface area contributed by atoms with Crippen molar-refractivity contribution in [1.82, 2.24) is 25.8 Å². The van der Waals surface area contributed by atoms with Gasteiger partial charge in [-0.3, -0.25) is 19.2 Å². The maximum absolute atomic E-state index is 14.5. The standard InChI is InChI=1S/C33H47FN6O6S/c1-20-27(47-19-38-20)21-8-9-22(25(14-21)46-18-26(42)36-13-7-5-6-12-35)16-37-29(43)24-15-23(41)17-40(24)30(44)28(32(2,3)4)39-31(45)33(34)10-11-33/h8-9,14,19,23-24,28,41H,5-7,10-13,15-18,35H2,1-4H3,(H,36,42)(H,37,43)(H,39,45)/t23-,24+,28-/m1/s1. The summed E-state index contributed by atoms with van der Waals surface area (Å²) in [5, 5.41) is 18.7. The van der Waals surface area contributed by atoms with Gasteiger partial charge in [-0.25, -0.2) is 9.37 Å². The minimum Gasteiger partial charge on any atom is -0.483 e. The third-order valence-electron chi connectivity index (χ3n) is 8.44. The first-order valence-corrected chi connectivity index (χ1v) is 17.0. The first-order valence-electron chi connectivity index (χ1n) is 16.1. The van der Waals surface area contributed by atoms with Gasteiger partial charge < -0.3 is 36.4 Å². The van der Waals surface area contributed by atoms with Crippen LogP contribution < -0.4 is 26.4 Å². The number of aryl methyl sites for hydroxylation is 1. The third-order valence-corrected chi connectivity index (χ3v) is 9.42. The van der Waals surface area contributed by atoms with Gasteiger partial charge >= 0.3 is 0 Å². The zero-order valence-corrected chi connectivity index (χ0v) is 28.4. The number of hydrogen-bond donors (Lipinski definition) is 5. The zero-order valence-electron chi connectivity index (χ0n) is 27.6. The molecule has 14 heteroatoms. The van der Waals surface area contributed by atoms with E-state index in [9.17, 15) is 28.7 Å². The van der Waals surface area contributed by atoms with Crippen LogP contribution in [0.3, 0.4) is 0 Å². The molecule has 47 heavy (non-hydrogen) atoms. The molecule has 0 unspecified atom stereocenters. The summed E-state index contributed by atoms with van der Waals surface area (Å²) in [6.07, 6.45) is 1.90. The quantitative estimate of drug-likeness (QED) is 0.179. The van der Waals surface area contributed by atoms with Crippen LogP contribution in [0.1, 0.15) is 70.6 Å². The number of aliphatic hydroxyl groups is 1. The van der Waals surface area contributed by atoms with E-state index < -0.39 is 47.0 Å². The number of rotatable bonds is 15. The number of carbonyl (C=O) groups is 4. The second-order valence-electron chi connectivity index (χ2n) is 13.4. The molecule has 1 aromatic heterocycles. The van der Waals surface area contributed by atoms with Crippen LogP contribution in [-0.2, 0) is 25.7 Å². The lowest BCUT2D eigenvalue weighted by Crippen LogP contribution is -2.59. The van der Waals surface area contributed by atoms with E-state index in [1.165, 1.54) is 16.2 Å². The van der Waals surface area contributed by atoms with Crippen LogP contribution >= 0.6 is 11.3 Å². The summed E-state index contributed by atoms with van der Waals surface area (Å²) in [6.45, 7) is 7.97. The molecular weight excluding hydrogens is 627 g/mol. The van der Waals surface area contributed by atoms with E-state index in [4.69, 9.17) is 10.5 Å². The Morgan fingerprint density at radius 1 is 1.19 bits per heavy atom. The molecule has 6 N–H and O–H groups in total. The Balaban J connectivity index is 1.46. The highest BCUT2D eigenvalue weighted by atomic mass is 32.1. The molecule has 12 nitrogen and oxygen atoms in total. The summed E-state index contributed by atoms with van der Waals surface area (Å²) in [5.74, 6) is -1.77. The molecule has 1 saturated heterocycles. The average Bonchev–Trinajstić information content (AvgIpc) is 3.43. The van der Waals surface area contributed by atoms with Gasteiger partial charge in [-0.15, -0.1) is 11.3 Å². The normalized spacial score (nSPS) is 19.2. The van der Waals surface area contributed by atoms with Crippen molar-refractivity contribution in [2.24, 2.45) is 11.1 Å². The van der Waals surface area contributed by atoms with Crippen molar-refractivity contribution < 1.29 is 33.4 Å². The number of benzene rings is 1. The maximum atomic E-state index is 14.5. The smallest absolute Gasteiger partial charge is 0.258 e. The van der Waals surface area contributed by atoms with Crippen molar-refractivity contribution in [3.05, 3.63) is 35.0 Å². The number of aliphatic hydroxyl groups excluding tert-OH is 1. The van der Waals surface area contributed by atoms with Gasteiger partial charge in [0.05, 0.1) is 22.2 Å². The molecule has 1 saturated carbocycles. The monoisotopic (exact) mass is 674 g/mol. The molecule has 0 radical (unpaired) electrons. The summed E-state index contributed by atoms with van der Waals surface area (Å²) < 4.78 is 20.4. The molecule has 2 fully saturated rings. The first kappa shape index (κ1) is 36.2. The van der Waals surface area contributed by atoms with Gasteiger partial charge in [-0.2, -0.15) is 0 Å². The second-order valence-corrected chi connectivity index (χ2v) is 14.3. The highest BCUT2D eigenvalue weighted by Gasteiger charge is 2.53. The van der Waals surface area contributed by atoms with Gasteiger partial charge in [0, 0.05) is 31.6 Å². The molecule has 0 bridgehead atoms. The summed E-state index contributed by atoms with van der Waals surface area (Å²) in [5.41, 5.74) is 6.83. The fraction of sp³-hybridized carbons (Fsp3) is 0.606. The lowest BCUT2D eigenvalue weighted by Gasteiger charge is -2.35. The number of halogens is 1. The van der Waals surface area contributed by atoms with E-state index in [0.29, 0.717) is 24.4 Å². The van der Waals surface area contributed by atoms with Crippen LogP contribution in [0, 0.1) is 12.3 Å². The number of nitrogens with zero attached hydrogens (tertiary/aromatic N) is 2. The molecule has 258 valence electrons. The molecule has 2 aliphatic rings. The largest absolute Gasteiger partial charge is 0.483 e. The van der Waals surface area contributed by atoms with Crippen LogP contribution in [-0.4, -0.2) is 88.7 Å². The number of nitrogens with two attached hydrogens (primary N) is 1. The molecule has 1 aliphatic heterocycles. The van der Waals surface area contributed by atoms with Gasteiger partial charge in [-0.05, 0) is 56.2 Å². The van der Waals surface area contributed by atoms with Crippen LogP contribution in [0.25, 0.3) is 10.4 Å². The van der Waals surface area contributed by atoms with Gasteiger partial charge in [0.25, 0.3) is 11.8 Å². The summed E-state index contributed by atoms with van der Waals surface area (Å²) in [7, 11) is 0. The predicted octanol–water partition coefficient (Wildman–Crippen LogP) is 2.35. The molecule has 2 aromatic rings. The topological polar surface area (TPSA) is 176 Å². The number of thiazole rings is 1. The minimum atomic E-state index is -1.97. The van der Waals surface area contributed by atoms with Crippen LogP contribution in [0.4, 0.5) is 4.39 Å². The number of β-amino-alcohol motifs (C(OH)–C–C–N with tert-alkyl or cyclic N) is 1. The number of alkyl halides is 1. The number of amides is 4. The minimum absolute atomic E-state index is 0.00777. The number of unbranched alkanes of at least 4 members (excludes halogenated alkanes) is 2. The van der Waals surface area contributed by atoms with Crippen molar-refractivity contribution in [3.8, 4) is 16.2 Å². The van der Waals surface area contributed by atoms with E-state index >= 15 is 0 Å². The van der Waals surface area contributed by atoms with Crippen molar-refractivity contribution in [3.63, 3.8) is 0 Å². The Morgan fingerprint density at radius 3 is 2.57 bits per heavy atom. The molecule has 1 aromatic carbocycles. The second kappa shape index (κ2) is 15.5. The molecule has 4 rings (SSSR count).